The molecular formula is C33H37FN8O3. The normalized spacial score (nSPS) is 16.0. The van der Waals surface area contributed by atoms with E-state index in [9.17, 15) is 4.79 Å². The largest absolute Gasteiger partial charge is 0.495 e. The van der Waals surface area contributed by atoms with Crippen LogP contribution in [0, 0.1) is 5.82 Å². The highest BCUT2D eigenvalue weighted by atomic mass is 19.1. The third-order valence-corrected chi connectivity index (χ3v) is 8.27. The van der Waals surface area contributed by atoms with Gasteiger partial charge >= 0.3 is 0 Å². The molecule has 2 saturated heterocycles. The monoisotopic (exact) mass is 612 g/mol. The van der Waals surface area contributed by atoms with E-state index in [4.69, 9.17) is 9.47 Å². The lowest BCUT2D eigenvalue weighted by molar-refractivity contribution is -0.126. The summed E-state index contributed by atoms with van der Waals surface area (Å²) in [7, 11) is 3.72. The summed E-state index contributed by atoms with van der Waals surface area (Å²) in [5, 5.41) is 7.39. The molecule has 2 aromatic heterocycles. The van der Waals surface area contributed by atoms with Gasteiger partial charge in [-0.3, -0.25) is 4.79 Å². The molecule has 2 aromatic carbocycles. The van der Waals surface area contributed by atoms with E-state index in [0.717, 1.165) is 50.5 Å². The highest BCUT2D eigenvalue weighted by molar-refractivity contribution is 5.95. The molecule has 2 fully saturated rings. The van der Waals surface area contributed by atoms with Crippen LogP contribution < -0.4 is 25.0 Å². The van der Waals surface area contributed by atoms with Gasteiger partial charge in [-0.25, -0.2) is 19.3 Å². The standard InChI is InChI=1S/C33H37FN8O3/c1-4-32(43)42-11-8-22(9-12-42)38-29-19-25-28(20-30(29)44-3)36-21-37-33(25)39-27-6-5-23(17-26(27)34)45-24-7-10-35-31(18-24)41-15-13-40(2)14-16-41/h4-7,10,17-22,38H,1,8-9,11-16H2,2-3H3,(H,36,37,39). The molecular weight excluding hydrogens is 575 g/mol. The first kappa shape index (κ1) is 30.1. The lowest BCUT2D eigenvalue weighted by Crippen LogP contribution is -2.44. The van der Waals surface area contributed by atoms with E-state index in [0.29, 0.717) is 47.1 Å². The first-order valence-electron chi connectivity index (χ1n) is 15.0. The average molecular weight is 613 g/mol. The number of hydrogen-bond donors (Lipinski definition) is 2. The summed E-state index contributed by atoms with van der Waals surface area (Å²) < 4.78 is 27.0. The fourth-order valence-electron chi connectivity index (χ4n) is 5.65. The van der Waals surface area contributed by atoms with Crippen LogP contribution in [-0.2, 0) is 4.79 Å². The predicted octanol–water partition coefficient (Wildman–Crippen LogP) is 5.05. The number of fused-ring (bicyclic) bond motifs is 1. The number of amides is 1. The van der Waals surface area contributed by atoms with Gasteiger partial charge in [-0.15, -0.1) is 0 Å². The van der Waals surface area contributed by atoms with Crippen molar-refractivity contribution in [3.63, 3.8) is 0 Å². The first-order chi connectivity index (χ1) is 21.9. The number of piperidine rings is 1. The Morgan fingerprint density at radius 2 is 1.76 bits per heavy atom. The van der Waals surface area contributed by atoms with E-state index in [-0.39, 0.29) is 17.6 Å². The van der Waals surface area contributed by atoms with Crippen molar-refractivity contribution in [1.29, 1.82) is 0 Å². The highest BCUT2D eigenvalue weighted by Crippen LogP contribution is 2.35. The second kappa shape index (κ2) is 13.3. The van der Waals surface area contributed by atoms with Crippen LogP contribution in [0.1, 0.15) is 12.8 Å². The van der Waals surface area contributed by atoms with Crippen LogP contribution in [0.3, 0.4) is 0 Å². The van der Waals surface area contributed by atoms with Crippen molar-refractivity contribution in [2.24, 2.45) is 0 Å². The van der Waals surface area contributed by atoms with Gasteiger partial charge in [0.25, 0.3) is 0 Å². The molecule has 12 heteroatoms. The fraction of sp³-hybridized carbons (Fsp3) is 0.333. The molecule has 0 bridgehead atoms. The third-order valence-electron chi connectivity index (χ3n) is 8.27. The molecule has 2 aliphatic heterocycles. The molecule has 0 atom stereocenters. The number of pyridine rings is 1. The Balaban J connectivity index is 1.17. The summed E-state index contributed by atoms with van der Waals surface area (Å²) in [6.07, 6.45) is 6.06. The van der Waals surface area contributed by atoms with Gasteiger partial charge < -0.3 is 34.8 Å². The van der Waals surface area contributed by atoms with Crippen molar-refractivity contribution >= 4 is 39.8 Å². The summed E-state index contributed by atoms with van der Waals surface area (Å²) in [4.78, 5) is 31.6. The maximum absolute atomic E-state index is 15.4. The minimum atomic E-state index is -0.486. The second-order valence-corrected chi connectivity index (χ2v) is 11.2. The van der Waals surface area contributed by atoms with Gasteiger partial charge in [0, 0.05) is 75.1 Å². The Labute approximate surface area is 261 Å². The number of benzene rings is 2. The zero-order chi connectivity index (χ0) is 31.3. The molecule has 0 radical (unpaired) electrons. The van der Waals surface area contributed by atoms with Crippen LogP contribution in [0.5, 0.6) is 17.2 Å². The molecule has 6 rings (SSSR count). The lowest BCUT2D eigenvalue weighted by atomic mass is 10.0. The maximum atomic E-state index is 15.4. The van der Waals surface area contributed by atoms with Crippen molar-refractivity contribution in [2.75, 3.05) is 69.0 Å². The number of ether oxygens (including phenoxy) is 2. The van der Waals surface area contributed by atoms with E-state index in [1.165, 1.54) is 18.5 Å². The molecule has 0 spiro atoms. The number of aromatic nitrogens is 3. The minimum absolute atomic E-state index is 0.0517. The lowest BCUT2D eigenvalue weighted by Gasteiger charge is -2.33. The van der Waals surface area contributed by atoms with Crippen molar-refractivity contribution in [1.82, 2.24) is 24.8 Å². The third kappa shape index (κ3) is 6.91. The highest BCUT2D eigenvalue weighted by Gasteiger charge is 2.23. The van der Waals surface area contributed by atoms with E-state index in [1.807, 2.05) is 18.2 Å². The van der Waals surface area contributed by atoms with Crippen LogP contribution in [-0.4, -0.2) is 90.1 Å². The van der Waals surface area contributed by atoms with Gasteiger partial charge in [-0.2, -0.15) is 0 Å². The van der Waals surface area contributed by atoms with Gasteiger partial charge in [0.05, 0.1) is 24.0 Å². The first-order valence-corrected chi connectivity index (χ1v) is 15.0. The average Bonchev–Trinajstić information content (AvgIpc) is 3.06. The quantitative estimate of drug-likeness (QED) is 0.250. The van der Waals surface area contributed by atoms with Crippen molar-refractivity contribution in [3.05, 3.63) is 73.5 Å². The summed E-state index contributed by atoms with van der Waals surface area (Å²) in [5.74, 6) is 2.36. The Hall–Kier alpha value is -4.97. The van der Waals surface area contributed by atoms with Crippen LogP contribution in [0.2, 0.25) is 0 Å². The molecule has 2 N–H and O–H groups in total. The molecule has 1 amide bonds. The number of likely N-dealkylation sites (tertiary alicyclic amines) is 1. The van der Waals surface area contributed by atoms with Gasteiger partial charge in [-0.1, -0.05) is 6.58 Å². The predicted molar refractivity (Wildman–Crippen MR) is 173 cm³/mol. The summed E-state index contributed by atoms with van der Waals surface area (Å²) in [5.41, 5.74) is 1.67. The number of piperazine rings is 1. The number of carbonyl (C=O) groups excluding carboxylic acids is 1. The van der Waals surface area contributed by atoms with Crippen LogP contribution in [0.4, 0.5) is 27.4 Å². The number of halogens is 1. The van der Waals surface area contributed by atoms with Crippen LogP contribution >= 0.6 is 0 Å². The van der Waals surface area contributed by atoms with Crippen LogP contribution in [0.25, 0.3) is 10.9 Å². The number of hydrogen-bond acceptors (Lipinski definition) is 10. The fourth-order valence-corrected chi connectivity index (χ4v) is 5.65. The Kier molecular flexibility index (Phi) is 8.92. The van der Waals surface area contributed by atoms with Gasteiger partial charge in [0.1, 0.15) is 41.0 Å². The number of anilines is 4. The number of nitrogens with zero attached hydrogens (tertiary/aromatic N) is 6. The molecule has 4 heterocycles. The maximum Gasteiger partial charge on any atom is 0.245 e. The van der Waals surface area contributed by atoms with Gasteiger partial charge in [0.2, 0.25) is 5.91 Å². The zero-order valence-electron chi connectivity index (χ0n) is 25.5. The SMILES string of the molecule is C=CC(=O)N1CCC(Nc2cc3c(Nc4ccc(Oc5ccnc(N6CCN(C)CC6)c5)cc4F)ncnc3cc2OC)CC1. The van der Waals surface area contributed by atoms with Gasteiger partial charge in [-0.05, 0) is 50.2 Å². The van der Waals surface area contributed by atoms with Crippen LogP contribution in [0.15, 0.2) is 67.6 Å². The summed E-state index contributed by atoms with van der Waals surface area (Å²) in [6.45, 7) is 8.59. The van der Waals surface area contributed by atoms with E-state index in [1.54, 1.807) is 36.4 Å². The van der Waals surface area contributed by atoms with E-state index >= 15 is 4.39 Å². The summed E-state index contributed by atoms with van der Waals surface area (Å²) in [6, 6.07) is 12.2. The molecule has 4 aromatic rings. The molecule has 11 nitrogen and oxygen atoms in total. The molecule has 0 unspecified atom stereocenters. The second-order valence-electron chi connectivity index (χ2n) is 11.2. The zero-order valence-corrected chi connectivity index (χ0v) is 25.5. The number of likely N-dealkylation sites (N-methyl/N-ethyl adjacent to an activating group) is 1. The smallest absolute Gasteiger partial charge is 0.245 e. The number of nitrogens with one attached hydrogen (secondary N) is 2. The molecule has 0 saturated carbocycles. The van der Waals surface area contributed by atoms with Crippen molar-refractivity contribution in [3.8, 4) is 17.2 Å². The number of methoxy groups -OCH3 is 1. The van der Waals surface area contributed by atoms with Crippen molar-refractivity contribution in [2.45, 2.75) is 18.9 Å². The van der Waals surface area contributed by atoms with Crippen molar-refractivity contribution < 1.29 is 18.7 Å². The molecule has 2 aliphatic rings. The number of rotatable bonds is 9. The Bertz CT molecular complexity index is 1690. The topological polar surface area (TPSA) is 108 Å². The minimum Gasteiger partial charge on any atom is -0.495 e. The van der Waals surface area contributed by atoms with E-state index < -0.39 is 5.82 Å². The molecule has 0 aliphatic carbocycles. The Morgan fingerprint density at radius 1 is 0.978 bits per heavy atom. The molecule has 45 heavy (non-hydrogen) atoms. The molecule has 234 valence electrons. The number of carbonyl (C=O) groups is 1. The summed E-state index contributed by atoms with van der Waals surface area (Å²) >= 11 is 0. The van der Waals surface area contributed by atoms with Gasteiger partial charge in [0.15, 0.2) is 0 Å². The van der Waals surface area contributed by atoms with E-state index in [2.05, 4.69) is 49.0 Å². The Morgan fingerprint density at radius 3 is 2.49 bits per heavy atom.